The first-order chi connectivity index (χ1) is 8.69. The number of aromatic nitrogens is 2. The highest BCUT2D eigenvalue weighted by Gasteiger charge is 2.32. The Balaban J connectivity index is 2.33. The van der Waals surface area contributed by atoms with Gasteiger partial charge in [-0.25, -0.2) is 4.98 Å². The summed E-state index contributed by atoms with van der Waals surface area (Å²) in [6.45, 7) is 3.50. The number of hydrogen-bond acceptors (Lipinski definition) is 5. The monoisotopic (exact) mass is 251 g/mol. The number of anilines is 2. The third-order valence-corrected chi connectivity index (χ3v) is 3.80. The van der Waals surface area contributed by atoms with Crippen LogP contribution in [0.4, 0.5) is 11.5 Å². The van der Waals surface area contributed by atoms with E-state index in [0.29, 0.717) is 24.3 Å². The fraction of sp³-hybridized carbons (Fsp3) is 0.667. The van der Waals surface area contributed by atoms with Gasteiger partial charge in [0.25, 0.3) is 5.56 Å². The molecule has 6 heteroatoms. The fourth-order valence-corrected chi connectivity index (χ4v) is 2.87. The highest BCUT2D eigenvalue weighted by atomic mass is 16.1. The van der Waals surface area contributed by atoms with Crippen molar-refractivity contribution in [2.75, 3.05) is 23.7 Å². The van der Waals surface area contributed by atoms with E-state index in [2.05, 4.69) is 14.9 Å². The van der Waals surface area contributed by atoms with Crippen LogP contribution in [0.2, 0.25) is 0 Å². The highest BCUT2D eigenvalue weighted by molar-refractivity contribution is 5.61. The molecular formula is C12H21N5O. The Morgan fingerprint density at radius 2 is 2.33 bits per heavy atom. The average Bonchev–Trinajstić information content (AvgIpc) is 2.83. The van der Waals surface area contributed by atoms with Crippen LogP contribution in [0.1, 0.15) is 26.2 Å². The number of rotatable bonds is 4. The second kappa shape index (κ2) is 5.39. The van der Waals surface area contributed by atoms with Crippen LogP contribution in [0.15, 0.2) is 11.1 Å². The molecule has 1 heterocycles. The van der Waals surface area contributed by atoms with Crippen LogP contribution in [-0.4, -0.2) is 29.1 Å². The van der Waals surface area contributed by atoms with Crippen molar-refractivity contribution < 1.29 is 0 Å². The van der Waals surface area contributed by atoms with Crippen LogP contribution < -0.4 is 21.9 Å². The second-order valence-electron chi connectivity index (χ2n) is 4.75. The van der Waals surface area contributed by atoms with Gasteiger partial charge in [-0.05, 0) is 32.2 Å². The van der Waals surface area contributed by atoms with Gasteiger partial charge in [-0.3, -0.25) is 4.79 Å². The summed E-state index contributed by atoms with van der Waals surface area (Å²) < 4.78 is 0. The summed E-state index contributed by atoms with van der Waals surface area (Å²) in [4.78, 5) is 20.4. The Hall–Kier alpha value is -1.56. The number of aromatic amines is 1. The molecule has 1 aliphatic carbocycles. The molecule has 2 atom stereocenters. The zero-order chi connectivity index (χ0) is 13.1. The van der Waals surface area contributed by atoms with Crippen molar-refractivity contribution >= 4 is 11.5 Å². The number of nitrogens with zero attached hydrogens (tertiary/aromatic N) is 2. The Bertz CT molecular complexity index is 458. The van der Waals surface area contributed by atoms with Gasteiger partial charge in [0.1, 0.15) is 5.69 Å². The van der Waals surface area contributed by atoms with Gasteiger partial charge in [-0.2, -0.15) is 0 Å². The molecule has 0 aliphatic heterocycles. The van der Waals surface area contributed by atoms with E-state index in [-0.39, 0.29) is 11.2 Å². The number of nitrogens with two attached hydrogens (primary N) is 2. The van der Waals surface area contributed by atoms with Crippen molar-refractivity contribution in [3.8, 4) is 0 Å². The lowest BCUT2D eigenvalue weighted by Gasteiger charge is -2.33. The fourth-order valence-electron chi connectivity index (χ4n) is 2.87. The molecule has 2 rings (SSSR count). The zero-order valence-corrected chi connectivity index (χ0v) is 10.7. The van der Waals surface area contributed by atoms with Gasteiger partial charge in [0.15, 0.2) is 5.82 Å². The predicted molar refractivity (Wildman–Crippen MR) is 72.5 cm³/mol. The van der Waals surface area contributed by atoms with Crippen LogP contribution in [0.3, 0.4) is 0 Å². The molecule has 1 saturated carbocycles. The van der Waals surface area contributed by atoms with Crippen LogP contribution in [0, 0.1) is 5.92 Å². The third-order valence-electron chi connectivity index (χ3n) is 3.80. The van der Waals surface area contributed by atoms with E-state index in [1.54, 1.807) is 0 Å². The van der Waals surface area contributed by atoms with Gasteiger partial charge in [0, 0.05) is 12.6 Å². The minimum atomic E-state index is -0.277. The van der Waals surface area contributed by atoms with Crippen molar-refractivity contribution in [2.24, 2.45) is 11.7 Å². The smallest absolute Gasteiger partial charge is 0.276 e. The summed E-state index contributed by atoms with van der Waals surface area (Å²) in [7, 11) is 0. The molecule has 0 aromatic carbocycles. The first-order valence-electron chi connectivity index (χ1n) is 6.48. The van der Waals surface area contributed by atoms with Crippen LogP contribution in [0.25, 0.3) is 0 Å². The number of nitrogen functional groups attached to an aromatic ring is 1. The lowest BCUT2D eigenvalue weighted by Crippen LogP contribution is -2.42. The number of H-pyrrole nitrogens is 1. The largest absolute Gasteiger partial charge is 0.391 e. The van der Waals surface area contributed by atoms with Crippen LogP contribution in [-0.2, 0) is 0 Å². The summed E-state index contributed by atoms with van der Waals surface area (Å²) in [5, 5.41) is 0. The van der Waals surface area contributed by atoms with E-state index in [4.69, 9.17) is 11.5 Å². The van der Waals surface area contributed by atoms with Gasteiger partial charge >= 0.3 is 0 Å². The van der Waals surface area contributed by atoms with Crippen LogP contribution in [0.5, 0.6) is 0 Å². The third kappa shape index (κ3) is 2.20. The molecule has 0 saturated heterocycles. The highest BCUT2D eigenvalue weighted by Crippen LogP contribution is 2.32. The topological polar surface area (TPSA) is 101 Å². The summed E-state index contributed by atoms with van der Waals surface area (Å²) >= 11 is 0. The average molecular weight is 251 g/mol. The van der Waals surface area contributed by atoms with Crippen molar-refractivity contribution in [1.82, 2.24) is 9.97 Å². The summed E-state index contributed by atoms with van der Waals surface area (Å²) in [5.41, 5.74) is 11.6. The standard InChI is InChI=1S/C12H21N5O/c1-2-17(9-5-3-4-8(9)6-13)11-10(14)12(18)16-7-15-11/h7-9H,2-6,13-14H2,1H3,(H,15,16,18). The second-order valence-corrected chi connectivity index (χ2v) is 4.75. The van der Waals surface area contributed by atoms with Crippen molar-refractivity contribution in [3.63, 3.8) is 0 Å². The molecule has 1 fully saturated rings. The van der Waals surface area contributed by atoms with E-state index in [9.17, 15) is 4.79 Å². The molecule has 1 aromatic heterocycles. The Labute approximate surface area is 106 Å². The molecule has 6 nitrogen and oxygen atoms in total. The van der Waals surface area contributed by atoms with Gasteiger partial charge in [-0.15, -0.1) is 0 Å². The van der Waals surface area contributed by atoms with E-state index >= 15 is 0 Å². The number of nitrogens with one attached hydrogen (secondary N) is 1. The Morgan fingerprint density at radius 1 is 1.56 bits per heavy atom. The van der Waals surface area contributed by atoms with Crippen molar-refractivity contribution in [2.45, 2.75) is 32.2 Å². The molecule has 0 spiro atoms. The van der Waals surface area contributed by atoms with Gasteiger partial charge in [0.2, 0.25) is 0 Å². The van der Waals surface area contributed by atoms with Crippen molar-refractivity contribution in [1.29, 1.82) is 0 Å². The van der Waals surface area contributed by atoms with Gasteiger partial charge in [-0.1, -0.05) is 6.42 Å². The normalized spacial score (nSPS) is 23.2. The van der Waals surface area contributed by atoms with Crippen LogP contribution >= 0.6 is 0 Å². The maximum atomic E-state index is 11.6. The summed E-state index contributed by atoms with van der Waals surface area (Å²) in [6.07, 6.45) is 4.81. The maximum Gasteiger partial charge on any atom is 0.276 e. The lowest BCUT2D eigenvalue weighted by atomic mass is 10.0. The lowest BCUT2D eigenvalue weighted by molar-refractivity contribution is 0.459. The van der Waals surface area contributed by atoms with E-state index in [1.165, 1.54) is 12.7 Å². The summed E-state index contributed by atoms with van der Waals surface area (Å²) in [5.74, 6) is 1.05. The SMILES string of the molecule is CCN(c1nc[nH]c(=O)c1N)C1CCCC1CN. The zero-order valence-electron chi connectivity index (χ0n) is 10.7. The molecular weight excluding hydrogens is 230 g/mol. The quantitative estimate of drug-likeness (QED) is 0.714. The molecule has 0 radical (unpaired) electrons. The minimum absolute atomic E-state index is 0.196. The predicted octanol–water partition coefficient (Wildman–Crippen LogP) is 0.306. The maximum absolute atomic E-state index is 11.6. The van der Waals surface area contributed by atoms with Crippen molar-refractivity contribution in [3.05, 3.63) is 16.7 Å². The van der Waals surface area contributed by atoms with E-state index in [1.807, 2.05) is 6.92 Å². The summed E-state index contributed by atoms with van der Waals surface area (Å²) in [6, 6.07) is 0.344. The Kier molecular flexibility index (Phi) is 3.86. The molecule has 1 aromatic rings. The Morgan fingerprint density at radius 3 is 3.00 bits per heavy atom. The molecule has 0 bridgehead atoms. The molecule has 2 unspecified atom stereocenters. The molecule has 0 amide bonds. The first kappa shape index (κ1) is 12.9. The van der Waals surface area contributed by atoms with Gasteiger partial charge in [0.05, 0.1) is 6.33 Å². The van der Waals surface area contributed by atoms with E-state index in [0.717, 1.165) is 19.4 Å². The number of hydrogen-bond donors (Lipinski definition) is 3. The molecule has 1 aliphatic rings. The molecule has 18 heavy (non-hydrogen) atoms. The molecule has 5 N–H and O–H groups in total. The molecule has 100 valence electrons. The first-order valence-corrected chi connectivity index (χ1v) is 6.48. The van der Waals surface area contributed by atoms with Gasteiger partial charge < -0.3 is 21.4 Å². The minimum Gasteiger partial charge on any atom is -0.391 e. The van der Waals surface area contributed by atoms with E-state index < -0.39 is 0 Å².